The number of benzene rings is 4. The van der Waals surface area contributed by atoms with Crippen LogP contribution in [0.1, 0.15) is 52.7 Å². The minimum atomic E-state index is -0.0792. The highest BCUT2D eigenvalue weighted by molar-refractivity contribution is 6.04. The van der Waals surface area contributed by atoms with Crippen molar-refractivity contribution in [1.29, 1.82) is 0 Å². The molecule has 0 radical (unpaired) electrons. The monoisotopic (exact) mass is 486 g/mol. The van der Waals surface area contributed by atoms with Crippen LogP contribution in [0.5, 0.6) is 11.5 Å². The Balaban J connectivity index is 1.12. The Morgan fingerprint density at radius 2 is 1.49 bits per heavy atom. The average Bonchev–Trinajstić information content (AvgIpc) is 3.58. The Bertz CT molecular complexity index is 1420. The maximum Gasteiger partial charge on any atom is 0.255 e. The topological polar surface area (TPSA) is 50.4 Å². The van der Waals surface area contributed by atoms with Gasteiger partial charge in [0.15, 0.2) is 0 Å². The molecule has 4 aromatic rings. The van der Waals surface area contributed by atoms with Crippen LogP contribution in [0.3, 0.4) is 0 Å². The number of anilines is 2. The first-order chi connectivity index (χ1) is 18.2. The predicted octanol–water partition coefficient (Wildman–Crippen LogP) is 8.03. The highest BCUT2D eigenvalue weighted by Gasteiger charge is 2.53. The van der Waals surface area contributed by atoms with Gasteiger partial charge in [0, 0.05) is 16.9 Å². The molecule has 3 aliphatic rings. The van der Waals surface area contributed by atoms with Crippen LogP contribution in [0.4, 0.5) is 11.4 Å². The van der Waals surface area contributed by atoms with Crippen LogP contribution in [-0.4, -0.2) is 5.91 Å². The molecule has 5 unspecified atom stereocenters. The molecule has 0 aromatic heterocycles. The molecule has 2 saturated carbocycles. The Morgan fingerprint density at radius 1 is 0.784 bits per heavy atom. The number of rotatable bonds is 5. The molecule has 2 bridgehead atoms. The molecule has 2 fully saturated rings. The number of hydrogen-bond donors (Lipinski definition) is 2. The van der Waals surface area contributed by atoms with Crippen LogP contribution in [0.2, 0.25) is 0 Å². The van der Waals surface area contributed by atoms with Crippen molar-refractivity contribution in [2.75, 3.05) is 10.6 Å². The van der Waals surface area contributed by atoms with E-state index in [-0.39, 0.29) is 5.91 Å². The van der Waals surface area contributed by atoms with Crippen molar-refractivity contribution in [1.82, 2.24) is 0 Å². The summed E-state index contributed by atoms with van der Waals surface area (Å²) < 4.78 is 5.87. The quantitative estimate of drug-likeness (QED) is 0.300. The third-order valence-electron chi connectivity index (χ3n) is 8.60. The van der Waals surface area contributed by atoms with Gasteiger partial charge in [0.25, 0.3) is 5.91 Å². The van der Waals surface area contributed by atoms with Crippen molar-refractivity contribution in [3.63, 3.8) is 0 Å². The van der Waals surface area contributed by atoms with Crippen LogP contribution in [0.15, 0.2) is 103 Å². The summed E-state index contributed by atoms with van der Waals surface area (Å²) in [5.74, 6) is 4.03. The standard InChI is InChI=1S/C33H30N2O2/c36-33(34-25-14-16-27(17-15-25)37-26-9-5-2-6-10-26)24-13-18-29-28(20-24)30-22-11-12-23(19-22)31(30)32(35-29)21-7-3-1-4-8-21/h1-10,13-18,20,22-23,30-32,35H,11-12,19H2,(H,34,36). The van der Waals surface area contributed by atoms with E-state index in [2.05, 4.69) is 53.1 Å². The van der Waals surface area contributed by atoms with E-state index in [0.29, 0.717) is 23.4 Å². The normalized spacial score (nSPS) is 25.0. The Kier molecular flexibility index (Phi) is 5.46. The van der Waals surface area contributed by atoms with Gasteiger partial charge < -0.3 is 15.4 Å². The summed E-state index contributed by atoms with van der Waals surface area (Å²) in [6, 6.07) is 34.6. The molecule has 7 rings (SSSR count). The fraction of sp³-hybridized carbons (Fsp3) is 0.242. The molecule has 1 aliphatic heterocycles. The number of hydrogen-bond acceptors (Lipinski definition) is 3. The lowest BCUT2D eigenvalue weighted by molar-refractivity contribution is 0.102. The second-order valence-corrected chi connectivity index (χ2v) is 10.7. The van der Waals surface area contributed by atoms with Crippen LogP contribution in [-0.2, 0) is 0 Å². The highest BCUT2D eigenvalue weighted by Crippen LogP contribution is 2.63. The largest absolute Gasteiger partial charge is 0.457 e. The molecule has 5 atom stereocenters. The van der Waals surface area contributed by atoms with Gasteiger partial charge >= 0.3 is 0 Å². The smallest absolute Gasteiger partial charge is 0.255 e. The van der Waals surface area contributed by atoms with E-state index in [1.54, 1.807) is 0 Å². The first-order valence-electron chi connectivity index (χ1n) is 13.3. The van der Waals surface area contributed by atoms with E-state index in [0.717, 1.165) is 29.0 Å². The SMILES string of the molecule is O=C(Nc1ccc(Oc2ccccc2)cc1)c1ccc2c(c1)C1C3CCC(C3)C1C(c1ccccc1)N2. The summed E-state index contributed by atoms with van der Waals surface area (Å²) >= 11 is 0. The summed E-state index contributed by atoms with van der Waals surface area (Å²) in [5.41, 5.74) is 5.34. The van der Waals surface area contributed by atoms with Crippen molar-refractivity contribution in [3.8, 4) is 11.5 Å². The van der Waals surface area contributed by atoms with Gasteiger partial charge in [-0.05, 0) is 109 Å². The van der Waals surface area contributed by atoms with Crippen LogP contribution < -0.4 is 15.4 Å². The van der Waals surface area contributed by atoms with E-state index in [1.807, 2.05) is 60.7 Å². The molecular formula is C33H30N2O2. The number of para-hydroxylation sites is 1. The van der Waals surface area contributed by atoms with Gasteiger partial charge in [0.2, 0.25) is 0 Å². The summed E-state index contributed by atoms with van der Waals surface area (Å²) in [6.07, 6.45) is 3.95. The number of amides is 1. The zero-order valence-electron chi connectivity index (χ0n) is 20.6. The minimum absolute atomic E-state index is 0.0792. The van der Waals surface area contributed by atoms with E-state index >= 15 is 0 Å². The second kappa shape index (κ2) is 9.11. The molecule has 37 heavy (non-hydrogen) atoms. The lowest BCUT2D eigenvalue weighted by Crippen LogP contribution is -2.35. The van der Waals surface area contributed by atoms with E-state index < -0.39 is 0 Å². The maximum absolute atomic E-state index is 13.3. The van der Waals surface area contributed by atoms with E-state index in [1.165, 1.54) is 36.1 Å². The van der Waals surface area contributed by atoms with Gasteiger partial charge in [-0.15, -0.1) is 0 Å². The first-order valence-corrected chi connectivity index (χ1v) is 13.3. The number of carbonyl (C=O) groups is 1. The van der Waals surface area contributed by atoms with Gasteiger partial charge in [-0.25, -0.2) is 0 Å². The van der Waals surface area contributed by atoms with E-state index in [4.69, 9.17) is 4.74 Å². The van der Waals surface area contributed by atoms with Crippen molar-refractivity contribution < 1.29 is 9.53 Å². The molecule has 4 aromatic carbocycles. The molecule has 4 nitrogen and oxygen atoms in total. The highest BCUT2D eigenvalue weighted by atomic mass is 16.5. The third kappa shape index (κ3) is 4.07. The van der Waals surface area contributed by atoms with Crippen molar-refractivity contribution in [3.05, 3.63) is 120 Å². The van der Waals surface area contributed by atoms with Crippen molar-refractivity contribution in [2.45, 2.75) is 31.2 Å². The minimum Gasteiger partial charge on any atom is -0.457 e. The summed E-state index contributed by atoms with van der Waals surface area (Å²) in [5, 5.41) is 6.94. The number of carbonyl (C=O) groups excluding carboxylic acids is 1. The zero-order valence-corrected chi connectivity index (χ0v) is 20.6. The van der Waals surface area contributed by atoms with Gasteiger partial charge in [-0.2, -0.15) is 0 Å². The Labute approximate surface area is 217 Å². The third-order valence-corrected chi connectivity index (χ3v) is 8.60. The van der Waals surface area contributed by atoms with Gasteiger partial charge in [-0.1, -0.05) is 48.5 Å². The maximum atomic E-state index is 13.3. The van der Waals surface area contributed by atoms with Crippen molar-refractivity contribution in [2.24, 2.45) is 17.8 Å². The summed E-state index contributed by atoms with van der Waals surface area (Å²) in [6.45, 7) is 0. The molecule has 0 saturated heterocycles. The fourth-order valence-corrected chi connectivity index (χ4v) is 7.05. The Morgan fingerprint density at radius 3 is 2.27 bits per heavy atom. The van der Waals surface area contributed by atoms with Gasteiger partial charge in [0.05, 0.1) is 6.04 Å². The van der Waals surface area contributed by atoms with Crippen molar-refractivity contribution >= 4 is 17.3 Å². The van der Waals surface area contributed by atoms with Crippen LogP contribution in [0, 0.1) is 17.8 Å². The lowest BCUT2D eigenvalue weighted by atomic mass is 9.68. The number of ether oxygens (including phenoxy) is 1. The van der Waals surface area contributed by atoms with Crippen LogP contribution >= 0.6 is 0 Å². The average molecular weight is 487 g/mol. The molecule has 2 aliphatic carbocycles. The lowest BCUT2D eigenvalue weighted by Gasteiger charge is -2.43. The molecule has 184 valence electrons. The van der Waals surface area contributed by atoms with Crippen LogP contribution in [0.25, 0.3) is 0 Å². The molecule has 1 heterocycles. The molecule has 1 amide bonds. The molecule has 0 spiro atoms. The Hall–Kier alpha value is -4.05. The summed E-state index contributed by atoms with van der Waals surface area (Å²) in [4.78, 5) is 13.3. The number of fused-ring (bicyclic) bond motifs is 7. The predicted molar refractivity (Wildman–Crippen MR) is 147 cm³/mol. The molecular weight excluding hydrogens is 456 g/mol. The fourth-order valence-electron chi connectivity index (χ4n) is 7.05. The summed E-state index contributed by atoms with van der Waals surface area (Å²) in [7, 11) is 0. The zero-order chi connectivity index (χ0) is 24.8. The van der Waals surface area contributed by atoms with Gasteiger partial charge in [0.1, 0.15) is 11.5 Å². The molecule has 4 heteroatoms. The number of nitrogens with one attached hydrogen (secondary N) is 2. The second-order valence-electron chi connectivity index (χ2n) is 10.7. The first kappa shape index (κ1) is 22.2. The van der Waals surface area contributed by atoms with E-state index in [9.17, 15) is 4.79 Å². The van der Waals surface area contributed by atoms with Gasteiger partial charge in [-0.3, -0.25) is 4.79 Å². The molecule has 2 N–H and O–H groups in total.